The minimum atomic E-state index is -0.760. The Labute approximate surface area is 107 Å². The molecule has 1 N–H and O–H groups in total. The van der Waals surface area contributed by atoms with Gasteiger partial charge < -0.3 is 9.84 Å². The van der Waals surface area contributed by atoms with Crippen LogP contribution in [0.15, 0.2) is 24.3 Å². The standard InChI is InChI=1S/C14H19NO3/c1-3-11(14(16)17)15(2)12-8-9-18-13-7-5-4-6-10(12)13/h4-7,11-12H,3,8-9H2,1-2H3,(H,16,17). The molecule has 2 atom stereocenters. The van der Waals surface area contributed by atoms with Crippen molar-refractivity contribution in [3.63, 3.8) is 0 Å². The summed E-state index contributed by atoms with van der Waals surface area (Å²) in [6, 6.07) is 7.55. The summed E-state index contributed by atoms with van der Waals surface area (Å²) in [5.74, 6) is 0.116. The largest absolute Gasteiger partial charge is 0.493 e. The number of para-hydroxylation sites is 1. The summed E-state index contributed by atoms with van der Waals surface area (Å²) in [5.41, 5.74) is 1.09. The number of likely N-dealkylation sites (N-methyl/N-ethyl adjacent to an activating group) is 1. The van der Waals surface area contributed by atoms with Crippen molar-refractivity contribution in [1.29, 1.82) is 0 Å². The Hall–Kier alpha value is -1.55. The summed E-state index contributed by atoms with van der Waals surface area (Å²) >= 11 is 0. The van der Waals surface area contributed by atoms with Crippen LogP contribution < -0.4 is 4.74 Å². The van der Waals surface area contributed by atoms with E-state index in [0.717, 1.165) is 17.7 Å². The van der Waals surface area contributed by atoms with Gasteiger partial charge in [-0.2, -0.15) is 0 Å². The van der Waals surface area contributed by atoms with Crippen molar-refractivity contribution < 1.29 is 14.6 Å². The maximum atomic E-state index is 11.3. The predicted octanol–water partition coefficient (Wildman–Crippen LogP) is 2.31. The van der Waals surface area contributed by atoms with Crippen molar-refractivity contribution in [2.45, 2.75) is 31.8 Å². The molecule has 1 aromatic rings. The molecule has 0 amide bonds. The normalized spacial score (nSPS) is 20.1. The first kappa shape index (κ1) is 12.9. The van der Waals surface area contributed by atoms with E-state index >= 15 is 0 Å². The van der Waals surface area contributed by atoms with Crippen LogP contribution in [0.25, 0.3) is 0 Å². The van der Waals surface area contributed by atoms with E-state index in [1.807, 2.05) is 43.1 Å². The molecule has 0 aromatic heterocycles. The lowest BCUT2D eigenvalue weighted by Crippen LogP contribution is -2.41. The van der Waals surface area contributed by atoms with E-state index in [1.165, 1.54) is 0 Å². The highest BCUT2D eigenvalue weighted by Crippen LogP contribution is 2.36. The monoisotopic (exact) mass is 249 g/mol. The smallest absolute Gasteiger partial charge is 0.320 e. The van der Waals surface area contributed by atoms with E-state index in [4.69, 9.17) is 4.74 Å². The first-order valence-corrected chi connectivity index (χ1v) is 6.31. The maximum Gasteiger partial charge on any atom is 0.320 e. The van der Waals surface area contributed by atoms with Gasteiger partial charge in [-0.15, -0.1) is 0 Å². The molecule has 4 nitrogen and oxygen atoms in total. The minimum Gasteiger partial charge on any atom is -0.493 e. The van der Waals surface area contributed by atoms with Gasteiger partial charge >= 0.3 is 5.97 Å². The van der Waals surface area contributed by atoms with Crippen LogP contribution in [0.2, 0.25) is 0 Å². The number of carboxylic acid groups (broad SMARTS) is 1. The lowest BCUT2D eigenvalue weighted by atomic mass is 9.97. The molecule has 2 rings (SSSR count). The van der Waals surface area contributed by atoms with Crippen LogP contribution in [0.1, 0.15) is 31.4 Å². The summed E-state index contributed by atoms with van der Waals surface area (Å²) in [4.78, 5) is 13.2. The highest BCUT2D eigenvalue weighted by Gasteiger charge is 2.31. The Morgan fingerprint density at radius 3 is 2.94 bits per heavy atom. The number of carbonyl (C=O) groups is 1. The van der Waals surface area contributed by atoms with Crippen molar-refractivity contribution in [3.8, 4) is 5.75 Å². The first-order chi connectivity index (χ1) is 8.65. The van der Waals surface area contributed by atoms with Crippen molar-refractivity contribution in [3.05, 3.63) is 29.8 Å². The van der Waals surface area contributed by atoms with Crippen molar-refractivity contribution in [2.75, 3.05) is 13.7 Å². The Morgan fingerprint density at radius 2 is 2.28 bits per heavy atom. The molecule has 0 fully saturated rings. The van der Waals surface area contributed by atoms with Gasteiger partial charge in [0.2, 0.25) is 0 Å². The van der Waals surface area contributed by atoms with Gasteiger partial charge in [0.25, 0.3) is 0 Å². The number of ether oxygens (including phenoxy) is 1. The molecule has 1 aliphatic heterocycles. The third-order valence-corrected chi connectivity index (χ3v) is 3.58. The Kier molecular flexibility index (Phi) is 3.87. The highest BCUT2D eigenvalue weighted by atomic mass is 16.5. The quantitative estimate of drug-likeness (QED) is 0.889. The van der Waals surface area contributed by atoms with Crippen molar-refractivity contribution in [1.82, 2.24) is 4.90 Å². The van der Waals surface area contributed by atoms with Gasteiger partial charge in [0.15, 0.2) is 0 Å². The topological polar surface area (TPSA) is 49.8 Å². The molecular weight excluding hydrogens is 230 g/mol. The summed E-state index contributed by atoms with van der Waals surface area (Å²) in [5, 5.41) is 9.25. The molecule has 4 heteroatoms. The molecule has 0 aliphatic carbocycles. The summed E-state index contributed by atoms with van der Waals surface area (Å²) in [7, 11) is 1.88. The maximum absolute atomic E-state index is 11.3. The van der Waals surface area contributed by atoms with Gasteiger partial charge in [-0.25, -0.2) is 0 Å². The molecule has 1 heterocycles. The molecule has 98 valence electrons. The fourth-order valence-electron chi connectivity index (χ4n) is 2.60. The van der Waals surface area contributed by atoms with E-state index in [2.05, 4.69) is 0 Å². The zero-order chi connectivity index (χ0) is 13.1. The number of aliphatic carboxylic acids is 1. The van der Waals surface area contributed by atoms with Crippen LogP contribution >= 0.6 is 0 Å². The second kappa shape index (κ2) is 5.40. The van der Waals surface area contributed by atoms with E-state index in [9.17, 15) is 9.90 Å². The van der Waals surface area contributed by atoms with Gasteiger partial charge in [-0.1, -0.05) is 25.1 Å². The molecule has 0 radical (unpaired) electrons. The molecular formula is C14H19NO3. The Bertz CT molecular complexity index is 433. The molecule has 1 aliphatic rings. The Balaban J connectivity index is 2.27. The van der Waals surface area contributed by atoms with Gasteiger partial charge in [0.1, 0.15) is 11.8 Å². The van der Waals surface area contributed by atoms with Crippen molar-refractivity contribution in [2.24, 2.45) is 0 Å². The van der Waals surface area contributed by atoms with E-state index in [0.29, 0.717) is 13.0 Å². The van der Waals surface area contributed by atoms with Gasteiger partial charge in [0.05, 0.1) is 6.61 Å². The first-order valence-electron chi connectivity index (χ1n) is 6.31. The number of hydrogen-bond acceptors (Lipinski definition) is 3. The molecule has 0 saturated carbocycles. The lowest BCUT2D eigenvalue weighted by molar-refractivity contribution is -0.144. The molecule has 0 spiro atoms. The molecule has 0 saturated heterocycles. The van der Waals surface area contributed by atoms with Crippen LogP contribution in [0.3, 0.4) is 0 Å². The fourth-order valence-corrected chi connectivity index (χ4v) is 2.60. The fraction of sp³-hybridized carbons (Fsp3) is 0.500. The summed E-state index contributed by atoms with van der Waals surface area (Å²) in [6.07, 6.45) is 1.43. The zero-order valence-electron chi connectivity index (χ0n) is 10.8. The lowest BCUT2D eigenvalue weighted by Gasteiger charge is -2.36. The zero-order valence-corrected chi connectivity index (χ0v) is 10.8. The molecule has 18 heavy (non-hydrogen) atoms. The van der Waals surface area contributed by atoms with Crippen LogP contribution in [0.4, 0.5) is 0 Å². The van der Waals surface area contributed by atoms with Crippen LogP contribution in [0, 0.1) is 0 Å². The van der Waals surface area contributed by atoms with Crippen LogP contribution in [0.5, 0.6) is 5.75 Å². The van der Waals surface area contributed by atoms with Crippen molar-refractivity contribution >= 4 is 5.97 Å². The molecule has 0 bridgehead atoms. The Morgan fingerprint density at radius 1 is 1.56 bits per heavy atom. The highest BCUT2D eigenvalue weighted by molar-refractivity contribution is 5.73. The summed E-state index contributed by atoms with van der Waals surface area (Å²) in [6.45, 7) is 2.54. The van der Waals surface area contributed by atoms with E-state index < -0.39 is 12.0 Å². The van der Waals surface area contributed by atoms with Crippen LogP contribution in [-0.4, -0.2) is 35.7 Å². The average Bonchev–Trinajstić information content (AvgIpc) is 2.38. The number of fused-ring (bicyclic) bond motifs is 1. The SMILES string of the molecule is CCC(C(=O)O)N(C)C1CCOc2ccccc21. The molecule has 2 unspecified atom stereocenters. The van der Waals surface area contributed by atoms with Crippen LogP contribution in [-0.2, 0) is 4.79 Å². The third kappa shape index (κ3) is 2.34. The van der Waals surface area contributed by atoms with E-state index in [-0.39, 0.29) is 6.04 Å². The second-order valence-electron chi connectivity index (χ2n) is 4.62. The minimum absolute atomic E-state index is 0.121. The summed E-state index contributed by atoms with van der Waals surface area (Å²) < 4.78 is 5.60. The number of nitrogens with zero attached hydrogens (tertiary/aromatic N) is 1. The van der Waals surface area contributed by atoms with Gasteiger partial charge in [-0.3, -0.25) is 9.69 Å². The number of benzene rings is 1. The number of hydrogen-bond donors (Lipinski definition) is 1. The van der Waals surface area contributed by atoms with E-state index in [1.54, 1.807) is 0 Å². The second-order valence-corrected chi connectivity index (χ2v) is 4.62. The van der Waals surface area contributed by atoms with Gasteiger partial charge in [-0.05, 0) is 19.5 Å². The predicted molar refractivity (Wildman–Crippen MR) is 68.8 cm³/mol. The number of rotatable bonds is 4. The third-order valence-electron chi connectivity index (χ3n) is 3.58. The van der Waals surface area contributed by atoms with Gasteiger partial charge in [0, 0.05) is 18.0 Å². The number of carboxylic acids is 1. The average molecular weight is 249 g/mol. The molecule has 1 aromatic carbocycles.